The maximum Gasteiger partial charge on any atom is 0.335 e. The van der Waals surface area contributed by atoms with Gasteiger partial charge >= 0.3 is 5.97 Å². The van der Waals surface area contributed by atoms with Crippen molar-refractivity contribution in [2.75, 3.05) is 55.7 Å². The summed E-state index contributed by atoms with van der Waals surface area (Å²) in [7, 11) is -4.29. The standard InChI is InChI=1S/C41H53N7O7S/c1-27-8-6-9-30(20-29-12-16-53-17-13-29)36(27)37-28(2)38(46-40(45-37)47-56(51,52)34-11-7-10-31(21-34)39(49)50)55-26-32(22-41(3,4)5)42-25-35-43-23-33(24-44-35)48-14-18-54-19-15-48/h6-11,21,23-24,29,32,42H,12-20,22,25-26H2,1-5H3,(H,49,50)(H,45,46,47). The second-order valence-corrected chi connectivity index (χ2v) is 17.4. The molecule has 2 fully saturated rings. The minimum Gasteiger partial charge on any atom is -0.478 e. The first-order valence-corrected chi connectivity index (χ1v) is 20.7. The number of hydrogen-bond acceptors (Lipinski definition) is 12. The van der Waals surface area contributed by atoms with Crippen LogP contribution < -0.4 is 19.7 Å². The molecule has 2 aromatic carbocycles. The van der Waals surface area contributed by atoms with Crippen LogP contribution in [0.25, 0.3) is 11.3 Å². The fourth-order valence-electron chi connectivity index (χ4n) is 7.17. The molecule has 0 spiro atoms. The first kappa shape index (κ1) is 40.9. The van der Waals surface area contributed by atoms with E-state index in [-0.39, 0.29) is 40.4 Å². The normalized spacial score (nSPS) is 16.1. The van der Waals surface area contributed by atoms with Gasteiger partial charge in [0.25, 0.3) is 10.0 Å². The summed E-state index contributed by atoms with van der Waals surface area (Å²) >= 11 is 0. The number of carbonyl (C=O) groups is 1. The average Bonchev–Trinajstić information content (AvgIpc) is 3.17. The fraction of sp³-hybridized carbons (Fsp3) is 0.488. The maximum atomic E-state index is 13.7. The maximum absolute atomic E-state index is 13.7. The summed E-state index contributed by atoms with van der Waals surface area (Å²) in [6.07, 6.45) is 7.17. The summed E-state index contributed by atoms with van der Waals surface area (Å²) in [5.74, 6) is -0.0971. The van der Waals surface area contributed by atoms with Crippen LogP contribution in [-0.4, -0.2) is 91.6 Å². The molecule has 15 heteroatoms. The quantitative estimate of drug-likeness (QED) is 0.131. The first-order chi connectivity index (χ1) is 26.8. The van der Waals surface area contributed by atoms with Crippen molar-refractivity contribution in [3.63, 3.8) is 0 Å². The van der Waals surface area contributed by atoms with Gasteiger partial charge in [0.2, 0.25) is 11.8 Å². The van der Waals surface area contributed by atoms with Gasteiger partial charge in [0.15, 0.2) is 0 Å². The van der Waals surface area contributed by atoms with E-state index in [2.05, 4.69) is 56.7 Å². The van der Waals surface area contributed by atoms with E-state index >= 15 is 0 Å². The highest BCUT2D eigenvalue weighted by molar-refractivity contribution is 7.92. The van der Waals surface area contributed by atoms with Gasteiger partial charge in [0.1, 0.15) is 12.4 Å². The van der Waals surface area contributed by atoms with Crippen LogP contribution in [0.4, 0.5) is 11.6 Å². The van der Waals surface area contributed by atoms with Crippen molar-refractivity contribution < 1.29 is 32.5 Å². The summed E-state index contributed by atoms with van der Waals surface area (Å²) in [6, 6.07) is 11.2. The van der Waals surface area contributed by atoms with Crippen molar-refractivity contribution in [3.8, 4) is 17.1 Å². The van der Waals surface area contributed by atoms with E-state index in [9.17, 15) is 18.3 Å². The number of carboxylic acids is 1. The molecular weight excluding hydrogens is 735 g/mol. The highest BCUT2D eigenvalue weighted by Crippen LogP contribution is 2.36. The zero-order valence-corrected chi connectivity index (χ0v) is 33.7. The minimum absolute atomic E-state index is 0.0561. The van der Waals surface area contributed by atoms with Crippen LogP contribution in [0, 0.1) is 25.2 Å². The van der Waals surface area contributed by atoms with Gasteiger partial charge in [-0.05, 0) is 80.2 Å². The van der Waals surface area contributed by atoms with E-state index in [4.69, 9.17) is 19.2 Å². The van der Waals surface area contributed by atoms with Gasteiger partial charge in [0.05, 0.1) is 54.0 Å². The molecule has 0 bridgehead atoms. The number of morpholine rings is 1. The molecule has 56 heavy (non-hydrogen) atoms. The average molecular weight is 788 g/mol. The number of sulfonamides is 1. The smallest absolute Gasteiger partial charge is 0.335 e. The topological polar surface area (TPSA) is 178 Å². The number of nitrogens with zero attached hydrogens (tertiary/aromatic N) is 5. The van der Waals surface area contributed by atoms with Crippen LogP contribution in [0.3, 0.4) is 0 Å². The molecule has 2 aromatic heterocycles. The Morgan fingerprint density at radius 3 is 2.39 bits per heavy atom. The number of nitrogens with one attached hydrogen (secondary N) is 2. The van der Waals surface area contributed by atoms with Gasteiger partial charge in [-0.3, -0.25) is 0 Å². The number of benzene rings is 2. The lowest BCUT2D eigenvalue weighted by molar-refractivity contribution is 0.0665. The molecule has 4 aromatic rings. The van der Waals surface area contributed by atoms with Crippen molar-refractivity contribution in [2.24, 2.45) is 11.3 Å². The van der Waals surface area contributed by atoms with Gasteiger partial charge in [-0.15, -0.1) is 0 Å². The van der Waals surface area contributed by atoms with E-state index in [1.807, 2.05) is 38.4 Å². The Balaban J connectivity index is 1.30. The van der Waals surface area contributed by atoms with Gasteiger partial charge in [-0.25, -0.2) is 32.9 Å². The van der Waals surface area contributed by atoms with Crippen LogP contribution >= 0.6 is 0 Å². The minimum atomic E-state index is -4.29. The van der Waals surface area contributed by atoms with Gasteiger partial charge in [0, 0.05) is 43.5 Å². The van der Waals surface area contributed by atoms with Crippen molar-refractivity contribution in [1.82, 2.24) is 25.3 Å². The van der Waals surface area contributed by atoms with E-state index in [1.165, 1.54) is 18.2 Å². The molecule has 300 valence electrons. The number of aromatic nitrogens is 4. The third kappa shape index (κ3) is 10.8. The molecular formula is C41H53N7O7S. The number of aryl methyl sites for hydroxylation is 1. The number of carboxylic acid groups (broad SMARTS) is 1. The van der Waals surface area contributed by atoms with Gasteiger partial charge in [-0.1, -0.05) is 45.0 Å². The third-order valence-electron chi connectivity index (χ3n) is 10.1. The van der Waals surface area contributed by atoms with E-state index in [1.54, 1.807) is 0 Å². The first-order valence-electron chi connectivity index (χ1n) is 19.2. The lowest BCUT2D eigenvalue weighted by Crippen LogP contribution is -2.38. The molecule has 2 aliphatic rings. The van der Waals surface area contributed by atoms with E-state index in [0.29, 0.717) is 42.8 Å². The summed E-state index contributed by atoms with van der Waals surface area (Å²) in [5.41, 5.74) is 4.96. The summed E-state index contributed by atoms with van der Waals surface area (Å²) in [5, 5.41) is 13.1. The zero-order valence-electron chi connectivity index (χ0n) is 32.9. The highest BCUT2D eigenvalue weighted by atomic mass is 32.2. The summed E-state index contributed by atoms with van der Waals surface area (Å²) in [6.45, 7) is 15.4. The van der Waals surface area contributed by atoms with Crippen LogP contribution in [0.1, 0.15) is 72.9 Å². The lowest BCUT2D eigenvalue weighted by Gasteiger charge is -2.28. The molecule has 0 aliphatic carbocycles. The number of anilines is 2. The molecule has 0 saturated carbocycles. The predicted octanol–water partition coefficient (Wildman–Crippen LogP) is 5.83. The Hall–Kier alpha value is -4.70. The Labute approximate surface area is 329 Å². The molecule has 1 atom stereocenters. The zero-order chi connectivity index (χ0) is 39.9. The SMILES string of the molecule is Cc1cccc(CC2CCOCC2)c1-c1nc(NS(=O)(=O)c2cccc(C(=O)O)c2)nc(OCC(CC(C)(C)C)NCc2ncc(N3CCOCC3)cn2)c1C. The Morgan fingerprint density at radius 2 is 1.70 bits per heavy atom. The highest BCUT2D eigenvalue weighted by Gasteiger charge is 2.26. The molecule has 3 N–H and O–H groups in total. The fourth-order valence-corrected chi connectivity index (χ4v) is 8.16. The molecule has 14 nitrogen and oxygen atoms in total. The van der Waals surface area contributed by atoms with Gasteiger partial charge < -0.3 is 29.5 Å². The largest absolute Gasteiger partial charge is 0.478 e. The number of hydrogen-bond donors (Lipinski definition) is 3. The predicted molar refractivity (Wildman–Crippen MR) is 214 cm³/mol. The third-order valence-corrected chi connectivity index (χ3v) is 11.4. The Morgan fingerprint density at radius 1 is 1.00 bits per heavy atom. The summed E-state index contributed by atoms with van der Waals surface area (Å²) in [4.78, 5) is 32.3. The van der Waals surface area contributed by atoms with Crippen LogP contribution in [0.15, 0.2) is 59.8 Å². The van der Waals surface area contributed by atoms with Crippen LogP contribution in [-0.2, 0) is 32.5 Å². The molecule has 4 heterocycles. The van der Waals surface area contributed by atoms with Crippen molar-refractivity contribution in [2.45, 2.75) is 77.8 Å². The van der Waals surface area contributed by atoms with E-state index in [0.717, 1.165) is 80.4 Å². The Bertz CT molecular complexity index is 2080. The van der Waals surface area contributed by atoms with Crippen molar-refractivity contribution >= 4 is 27.6 Å². The number of aromatic carboxylic acids is 1. The second kappa shape index (κ2) is 18.0. The lowest BCUT2D eigenvalue weighted by atomic mass is 9.87. The van der Waals surface area contributed by atoms with Crippen molar-refractivity contribution in [3.05, 3.63) is 82.9 Å². The molecule has 2 saturated heterocycles. The second-order valence-electron chi connectivity index (χ2n) is 15.7. The summed E-state index contributed by atoms with van der Waals surface area (Å²) < 4.78 is 47.6. The number of rotatable bonds is 15. The van der Waals surface area contributed by atoms with Crippen LogP contribution in [0.5, 0.6) is 5.88 Å². The van der Waals surface area contributed by atoms with E-state index < -0.39 is 16.0 Å². The molecule has 6 rings (SSSR count). The molecule has 2 aliphatic heterocycles. The number of ether oxygens (including phenoxy) is 3. The molecule has 0 radical (unpaired) electrons. The molecule has 0 amide bonds. The van der Waals surface area contributed by atoms with Gasteiger partial charge in [-0.2, -0.15) is 4.98 Å². The molecule has 1 unspecified atom stereocenters. The van der Waals surface area contributed by atoms with Crippen LogP contribution in [0.2, 0.25) is 0 Å². The van der Waals surface area contributed by atoms with Crippen molar-refractivity contribution in [1.29, 1.82) is 0 Å². The monoisotopic (exact) mass is 787 g/mol. The Kier molecular flexibility index (Phi) is 13.2.